The molecule has 1 aliphatic rings. The highest BCUT2D eigenvalue weighted by molar-refractivity contribution is 6.34. The van der Waals surface area contributed by atoms with Crippen molar-refractivity contribution in [2.24, 2.45) is 5.73 Å². The Kier molecular flexibility index (Phi) is 6.37. The number of nitrogens with zero attached hydrogens (tertiary/aromatic N) is 1. The topological polar surface area (TPSA) is 75.4 Å². The lowest BCUT2D eigenvalue weighted by atomic mass is 10.0. The van der Waals surface area contributed by atoms with Gasteiger partial charge in [0.2, 0.25) is 5.91 Å². The summed E-state index contributed by atoms with van der Waals surface area (Å²) in [6.45, 7) is 4.79. The highest BCUT2D eigenvalue weighted by Gasteiger charge is 2.26. The van der Waals surface area contributed by atoms with Crippen LogP contribution in [0.2, 0.25) is 5.02 Å². The average Bonchev–Trinajstić information content (AvgIpc) is 2.68. The van der Waals surface area contributed by atoms with E-state index in [2.05, 4.69) is 12.2 Å². The molecular weight excluding hydrogens is 374 g/mol. The quantitative estimate of drug-likeness (QED) is 0.804. The lowest BCUT2D eigenvalue weighted by Gasteiger charge is -2.33. The Balaban J connectivity index is 1.70. The second-order valence-electron chi connectivity index (χ2n) is 7.42. The van der Waals surface area contributed by atoms with Gasteiger partial charge >= 0.3 is 0 Å². The standard InChI is InChI=1S/C22H26ClN3O2/c1-14-6-8-16(9-7-14)20(24)21(27)25-17-10-11-18(19(23)13-17)22(28)26-12-4-3-5-15(26)2/h6-11,13,15,20H,3-5,12,24H2,1-2H3,(H,25,27). The molecule has 1 heterocycles. The van der Waals surface area contributed by atoms with Crippen molar-refractivity contribution in [3.8, 4) is 0 Å². The Morgan fingerprint density at radius 2 is 1.89 bits per heavy atom. The number of anilines is 1. The van der Waals surface area contributed by atoms with Crippen molar-refractivity contribution in [2.75, 3.05) is 11.9 Å². The average molecular weight is 400 g/mol. The number of hydrogen-bond acceptors (Lipinski definition) is 3. The summed E-state index contributed by atoms with van der Waals surface area (Å²) in [6, 6.07) is 11.9. The minimum Gasteiger partial charge on any atom is -0.336 e. The number of nitrogens with one attached hydrogen (secondary N) is 1. The fourth-order valence-electron chi connectivity index (χ4n) is 3.47. The Morgan fingerprint density at radius 3 is 2.54 bits per heavy atom. The summed E-state index contributed by atoms with van der Waals surface area (Å²) in [5.41, 5.74) is 8.87. The van der Waals surface area contributed by atoms with Crippen molar-refractivity contribution in [3.63, 3.8) is 0 Å². The van der Waals surface area contributed by atoms with E-state index >= 15 is 0 Å². The Labute approximate surface area is 170 Å². The molecule has 0 saturated carbocycles. The van der Waals surface area contributed by atoms with Crippen LogP contribution in [0.4, 0.5) is 5.69 Å². The molecule has 3 rings (SSSR count). The van der Waals surface area contributed by atoms with Crippen LogP contribution in [-0.2, 0) is 4.79 Å². The maximum absolute atomic E-state index is 12.8. The van der Waals surface area contributed by atoms with E-state index in [-0.39, 0.29) is 17.9 Å². The molecule has 28 heavy (non-hydrogen) atoms. The number of hydrogen-bond donors (Lipinski definition) is 2. The van der Waals surface area contributed by atoms with Crippen LogP contribution >= 0.6 is 11.6 Å². The summed E-state index contributed by atoms with van der Waals surface area (Å²) >= 11 is 6.36. The summed E-state index contributed by atoms with van der Waals surface area (Å²) in [4.78, 5) is 27.2. The third-order valence-electron chi connectivity index (χ3n) is 5.25. The number of benzene rings is 2. The van der Waals surface area contributed by atoms with Gasteiger partial charge in [0, 0.05) is 18.3 Å². The van der Waals surface area contributed by atoms with Crippen molar-refractivity contribution in [2.45, 2.75) is 45.2 Å². The van der Waals surface area contributed by atoms with Gasteiger partial charge < -0.3 is 16.0 Å². The molecule has 2 amide bonds. The first kappa shape index (κ1) is 20.4. The van der Waals surface area contributed by atoms with Crippen LogP contribution in [0, 0.1) is 6.92 Å². The molecule has 2 atom stereocenters. The number of halogens is 1. The van der Waals surface area contributed by atoms with E-state index in [4.69, 9.17) is 17.3 Å². The lowest BCUT2D eigenvalue weighted by Crippen LogP contribution is -2.42. The molecule has 2 aromatic rings. The fourth-order valence-corrected chi connectivity index (χ4v) is 3.73. The minimum atomic E-state index is -0.783. The van der Waals surface area contributed by atoms with Crippen molar-refractivity contribution in [1.29, 1.82) is 0 Å². The summed E-state index contributed by atoms with van der Waals surface area (Å²) in [7, 11) is 0. The lowest BCUT2D eigenvalue weighted by molar-refractivity contribution is -0.117. The van der Waals surface area contributed by atoms with Gasteiger partial charge in [0.1, 0.15) is 6.04 Å². The van der Waals surface area contributed by atoms with Crippen molar-refractivity contribution in [3.05, 3.63) is 64.2 Å². The first-order valence-electron chi connectivity index (χ1n) is 9.60. The Hall–Kier alpha value is -2.37. The van der Waals surface area contributed by atoms with Gasteiger partial charge in [0.25, 0.3) is 5.91 Å². The van der Waals surface area contributed by atoms with Crippen LogP contribution in [0.5, 0.6) is 0 Å². The third-order valence-corrected chi connectivity index (χ3v) is 5.56. The van der Waals surface area contributed by atoms with Gasteiger partial charge in [0.15, 0.2) is 0 Å². The van der Waals surface area contributed by atoms with Crippen LogP contribution in [0.3, 0.4) is 0 Å². The molecule has 0 aliphatic carbocycles. The van der Waals surface area contributed by atoms with Gasteiger partial charge in [-0.2, -0.15) is 0 Å². The fraction of sp³-hybridized carbons (Fsp3) is 0.364. The van der Waals surface area contributed by atoms with Crippen LogP contribution in [0.15, 0.2) is 42.5 Å². The highest BCUT2D eigenvalue weighted by atomic mass is 35.5. The van der Waals surface area contributed by atoms with Crippen LogP contribution < -0.4 is 11.1 Å². The van der Waals surface area contributed by atoms with E-state index in [1.54, 1.807) is 18.2 Å². The van der Waals surface area contributed by atoms with Gasteiger partial charge in [0.05, 0.1) is 10.6 Å². The molecule has 2 unspecified atom stereocenters. The van der Waals surface area contributed by atoms with Crippen molar-refractivity contribution >= 4 is 29.1 Å². The largest absolute Gasteiger partial charge is 0.336 e. The first-order valence-corrected chi connectivity index (χ1v) is 9.98. The zero-order chi connectivity index (χ0) is 20.3. The molecule has 2 aromatic carbocycles. The van der Waals surface area contributed by atoms with Crippen LogP contribution in [0.1, 0.15) is 53.7 Å². The predicted octanol–water partition coefficient (Wildman–Crippen LogP) is 4.30. The SMILES string of the molecule is Cc1ccc(C(N)C(=O)Nc2ccc(C(=O)N3CCCCC3C)c(Cl)c2)cc1. The zero-order valence-electron chi connectivity index (χ0n) is 16.2. The molecule has 1 saturated heterocycles. The first-order chi connectivity index (χ1) is 13.4. The molecule has 0 aromatic heterocycles. The maximum atomic E-state index is 12.8. The summed E-state index contributed by atoms with van der Waals surface area (Å²) in [5.74, 6) is -0.393. The van der Waals surface area contributed by atoms with Gasteiger partial charge in [-0.1, -0.05) is 41.4 Å². The van der Waals surface area contributed by atoms with E-state index < -0.39 is 6.04 Å². The number of carbonyl (C=O) groups is 2. The molecule has 0 bridgehead atoms. The van der Waals surface area contributed by atoms with Crippen LogP contribution in [-0.4, -0.2) is 29.3 Å². The Morgan fingerprint density at radius 1 is 1.18 bits per heavy atom. The summed E-state index contributed by atoms with van der Waals surface area (Å²) in [6.07, 6.45) is 3.16. The molecule has 0 spiro atoms. The molecule has 5 nitrogen and oxygen atoms in total. The minimum absolute atomic E-state index is 0.0635. The molecule has 1 fully saturated rings. The summed E-state index contributed by atoms with van der Waals surface area (Å²) in [5, 5.41) is 3.10. The molecule has 6 heteroatoms. The number of likely N-dealkylation sites (tertiary alicyclic amines) is 1. The normalized spacial score (nSPS) is 17.9. The number of piperidine rings is 1. The van der Waals surface area contributed by atoms with Gasteiger partial charge in [-0.25, -0.2) is 0 Å². The predicted molar refractivity (Wildman–Crippen MR) is 113 cm³/mol. The molecule has 0 radical (unpaired) electrons. The molecule has 3 N–H and O–H groups in total. The molecular formula is C22H26ClN3O2. The molecule has 1 aliphatic heterocycles. The smallest absolute Gasteiger partial charge is 0.255 e. The number of rotatable bonds is 4. The third kappa shape index (κ3) is 4.54. The van der Waals surface area contributed by atoms with Gasteiger partial charge in [-0.3, -0.25) is 9.59 Å². The van der Waals surface area contributed by atoms with E-state index in [1.807, 2.05) is 36.1 Å². The second-order valence-corrected chi connectivity index (χ2v) is 7.82. The number of nitrogens with two attached hydrogens (primary N) is 1. The number of carbonyl (C=O) groups excluding carboxylic acids is 2. The van der Waals surface area contributed by atoms with Crippen molar-refractivity contribution in [1.82, 2.24) is 4.90 Å². The maximum Gasteiger partial charge on any atom is 0.255 e. The number of aryl methyl sites for hydroxylation is 1. The monoisotopic (exact) mass is 399 g/mol. The zero-order valence-corrected chi connectivity index (χ0v) is 17.0. The van der Waals surface area contributed by atoms with Crippen LogP contribution in [0.25, 0.3) is 0 Å². The Bertz CT molecular complexity index is 867. The van der Waals surface area contributed by atoms with Gasteiger partial charge in [-0.15, -0.1) is 0 Å². The van der Waals surface area contributed by atoms with E-state index in [0.717, 1.165) is 36.9 Å². The molecule has 148 valence electrons. The second kappa shape index (κ2) is 8.76. The van der Waals surface area contributed by atoms with E-state index in [1.165, 1.54) is 0 Å². The van der Waals surface area contributed by atoms with Gasteiger partial charge in [-0.05, 0) is 56.9 Å². The van der Waals surface area contributed by atoms with E-state index in [9.17, 15) is 9.59 Å². The number of amides is 2. The summed E-state index contributed by atoms with van der Waals surface area (Å²) < 4.78 is 0. The van der Waals surface area contributed by atoms with E-state index in [0.29, 0.717) is 16.3 Å². The van der Waals surface area contributed by atoms with Crippen molar-refractivity contribution < 1.29 is 9.59 Å². The highest BCUT2D eigenvalue weighted by Crippen LogP contribution is 2.26.